The van der Waals surface area contributed by atoms with E-state index in [1.165, 1.54) is 16.7 Å². The summed E-state index contributed by atoms with van der Waals surface area (Å²) in [5, 5.41) is 2.95. The smallest absolute Gasteiger partial charge is 0.251 e. The summed E-state index contributed by atoms with van der Waals surface area (Å²) in [6.07, 6.45) is -0.196. The van der Waals surface area contributed by atoms with Crippen LogP contribution in [-0.4, -0.2) is 25.2 Å². The number of amides is 1. The van der Waals surface area contributed by atoms with E-state index in [9.17, 15) is 4.79 Å². The van der Waals surface area contributed by atoms with Gasteiger partial charge in [0, 0.05) is 5.56 Å². The van der Waals surface area contributed by atoms with E-state index in [1.807, 2.05) is 42.5 Å². The summed E-state index contributed by atoms with van der Waals surface area (Å²) in [6.45, 7) is 9.14. The number of allylic oxidation sites excluding steroid dienone is 2. The van der Waals surface area contributed by atoms with Crippen molar-refractivity contribution in [1.29, 1.82) is 0 Å². The van der Waals surface area contributed by atoms with Gasteiger partial charge in [0.25, 0.3) is 5.91 Å². The van der Waals surface area contributed by atoms with Crippen molar-refractivity contribution >= 4 is 11.5 Å². The normalized spacial score (nSPS) is 15.3. The number of ether oxygens (including phenoxy) is 2. The zero-order valence-corrected chi connectivity index (χ0v) is 15.8. The average Bonchev–Trinajstić information content (AvgIpc) is 2.65. The van der Waals surface area contributed by atoms with Crippen molar-refractivity contribution in [3.8, 4) is 11.5 Å². The maximum absolute atomic E-state index is 12.6. The number of nitrogens with one attached hydrogen (secondary N) is 1. The van der Waals surface area contributed by atoms with E-state index in [0.717, 1.165) is 17.1 Å². The van der Waals surface area contributed by atoms with Crippen molar-refractivity contribution in [1.82, 2.24) is 5.32 Å². The molecule has 4 nitrogen and oxygen atoms in total. The highest BCUT2D eigenvalue weighted by molar-refractivity contribution is 5.95. The van der Waals surface area contributed by atoms with E-state index >= 15 is 0 Å². The Morgan fingerprint density at radius 3 is 2.58 bits per heavy atom. The Morgan fingerprint density at radius 2 is 1.85 bits per heavy atom. The number of benzene rings is 2. The number of aryl methyl sites for hydroxylation is 1. The third kappa shape index (κ3) is 3.90. The summed E-state index contributed by atoms with van der Waals surface area (Å²) in [7, 11) is 0. The van der Waals surface area contributed by atoms with Crippen molar-refractivity contribution < 1.29 is 14.3 Å². The molecule has 1 unspecified atom stereocenters. The first-order chi connectivity index (χ1) is 12.5. The van der Waals surface area contributed by atoms with Gasteiger partial charge in [0.2, 0.25) is 0 Å². The highest BCUT2D eigenvalue weighted by atomic mass is 16.6. The van der Waals surface area contributed by atoms with Gasteiger partial charge in [-0.2, -0.15) is 0 Å². The maximum atomic E-state index is 12.6. The fourth-order valence-corrected chi connectivity index (χ4v) is 2.91. The number of carbonyl (C=O) groups excluding carboxylic acids is 1. The standard InChI is InChI=1S/C22H25NO3/c1-14(2)16(4)19-11-17(10-9-15(19)3)22(24)23-12-18-13-25-20-7-5-6-8-21(20)26-18/h5-11,18H,12-13H2,1-4H3,(H,23,24). The molecule has 0 aromatic heterocycles. The lowest BCUT2D eigenvalue weighted by molar-refractivity contribution is 0.0789. The minimum atomic E-state index is -0.196. The topological polar surface area (TPSA) is 47.6 Å². The summed E-state index contributed by atoms with van der Waals surface area (Å²) in [6, 6.07) is 13.4. The molecular formula is C22H25NO3. The second-order valence-electron chi connectivity index (χ2n) is 6.86. The quantitative estimate of drug-likeness (QED) is 0.889. The number of rotatable bonds is 4. The Kier molecular flexibility index (Phi) is 5.31. The number of carbonyl (C=O) groups is 1. The largest absolute Gasteiger partial charge is 0.486 e. The third-order valence-electron chi connectivity index (χ3n) is 4.71. The van der Waals surface area contributed by atoms with Crippen molar-refractivity contribution in [2.75, 3.05) is 13.2 Å². The van der Waals surface area contributed by atoms with Crippen molar-refractivity contribution in [2.24, 2.45) is 0 Å². The Balaban J connectivity index is 1.66. The molecule has 0 bridgehead atoms. The second-order valence-corrected chi connectivity index (χ2v) is 6.86. The van der Waals surface area contributed by atoms with Crippen molar-refractivity contribution in [3.05, 3.63) is 64.7 Å². The Labute approximate surface area is 154 Å². The molecule has 3 rings (SSSR count). The van der Waals surface area contributed by atoms with Gasteiger partial charge in [0.05, 0.1) is 6.54 Å². The van der Waals surface area contributed by atoms with Crippen LogP contribution in [0.2, 0.25) is 0 Å². The first-order valence-corrected chi connectivity index (χ1v) is 8.87. The minimum Gasteiger partial charge on any atom is -0.486 e. The van der Waals surface area contributed by atoms with Crippen molar-refractivity contribution in [2.45, 2.75) is 33.8 Å². The molecular weight excluding hydrogens is 326 g/mol. The monoisotopic (exact) mass is 351 g/mol. The van der Waals surface area contributed by atoms with E-state index in [0.29, 0.717) is 18.7 Å². The zero-order valence-electron chi connectivity index (χ0n) is 15.8. The molecule has 136 valence electrons. The van der Waals surface area contributed by atoms with Crippen LogP contribution in [0.4, 0.5) is 0 Å². The first kappa shape index (κ1) is 18.1. The molecule has 1 aliphatic rings. The Hall–Kier alpha value is -2.75. The second kappa shape index (κ2) is 7.65. The van der Waals surface area contributed by atoms with Gasteiger partial charge in [-0.15, -0.1) is 0 Å². The molecule has 1 heterocycles. The summed E-state index contributed by atoms with van der Waals surface area (Å²) in [5.74, 6) is 1.36. The van der Waals surface area contributed by atoms with E-state index < -0.39 is 0 Å². The molecule has 2 aromatic rings. The highest BCUT2D eigenvalue weighted by Gasteiger charge is 2.21. The van der Waals surface area contributed by atoms with Crippen LogP contribution in [-0.2, 0) is 0 Å². The molecule has 4 heteroatoms. The van der Waals surface area contributed by atoms with Gasteiger partial charge < -0.3 is 14.8 Å². The molecule has 1 N–H and O–H groups in total. The van der Waals surface area contributed by atoms with Gasteiger partial charge in [-0.25, -0.2) is 0 Å². The molecule has 0 radical (unpaired) electrons. The van der Waals surface area contributed by atoms with Crippen LogP contribution in [0.3, 0.4) is 0 Å². The summed E-state index contributed by atoms with van der Waals surface area (Å²) >= 11 is 0. The molecule has 26 heavy (non-hydrogen) atoms. The lowest BCUT2D eigenvalue weighted by Crippen LogP contribution is -2.40. The number of hydrogen-bond acceptors (Lipinski definition) is 3. The van der Waals surface area contributed by atoms with Gasteiger partial charge in [-0.3, -0.25) is 4.79 Å². The molecule has 1 atom stereocenters. The molecule has 0 saturated carbocycles. The molecule has 0 spiro atoms. The Morgan fingerprint density at radius 1 is 1.12 bits per heavy atom. The minimum absolute atomic E-state index is 0.102. The summed E-state index contributed by atoms with van der Waals surface area (Å²) < 4.78 is 11.6. The van der Waals surface area contributed by atoms with E-state index in [2.05, 4.69) is 33.0 Å². The Bertz CT molecular complexity index is 850. The van der Waals surface area contributed by atoms with Crippen LogP contribution in [0.5, 0.6) is 11.5 Å². The molecule has 1 amide bonds. The summed E-state index contributed by atoms with van der Waals surface area (Å²) in [5.41, 5.74) is 5.39. The lowest BCUT2D eigenvalue weighted by atomic mass is 9.96. The highest BCUT2D eigenvalue weighted by Crippen LogP contribution is 2.30. The zero-order chi connectivity index (χ0) is 18.7. The van der Waals surface area contributed by atoms with Gasteiger partial charge in [0.15, 0.2) is 11.5 Å². The molecule has 0 aliphatic carbocycles. The fraction of sp³-hybridized carbons (Fsp3) is 0.318. The van der Waals surface area contributed by atoms with Gasteiger partial charge in [0.1, 0.15) is 12.7 Å². The van der Waals surface area contributed by atoms with Crippen LogP contribution in [0.1, 0.15) is 42.3 Å². The first-order valence-electron chi connectivity index (χ1n) is 8.87. The number of hydrogen-bond donors (Lipinski definition) is 1. The summed E-state index contributed by atoms with van der Waals surface area (Å²) in [4.78, 5) is 12.6. The predicted octanol–water partition coefficient (Wildman–Crippen LogP) is 4.38. The fourth-order valence-electron chi connectivity index (χ4n) is 2.91. The molecule has 2 aromatic carbocycles. The molecule has 0 saturated heterocycles. The van der Waals surface area contributed by atoms with Gasteiger partial charge >= 0.3 is 0 Å². The third-order valence-corrected chi connectivity index (χ3v) is 4.71. The van der Waals surface area contributed by atoms with E-state index in [1.54, 1.807) is 0 Å². The molecule has 0 fully saturated rings. The average molecular weight is 351 g/mol. The lowest BCUT2D eigenvalue weighted by Gasteiger charge is -2.26. The van der Waals surface area contributed by atoms with Gasteiger partial charge in [-0.1, -0.05) is 23.8 Å². The SMILES string of the molecule is CC(C)=C(C)c1cc(C(=O)NCC2COc3ccccc3O2)ccc1C. The van der Waals surface area contributed by atoms with E-state index in [-0.39, 0.29) is 12.0 Å². The van der Waals surface area contributed by atoms with Crippen LogP contribution in [0.15, 0.2) is 48.0 Å². The van der Waals surface area contributed by atoms with Crippen LogP contribution in [0, 0.1) is 6.92 Å². The molecule has 1 aliphatic heterocycles. The number of fused-ring (bicyclic) bond motifs is 1. The van der Waals surface area contributed by atoms with Gasteiger partial charge in [-0.05, 0) is 68.7 Å². The van der Waals surface area contributed by atoms with Crippen LogP contribution < -0.4 is 14.8 Å². The number of para-hydroxylation sites is 2. The predicted molar refractivity (Wildman–Crippen MR) is 104 cm³/mol. The van der Waals surface area contributed by atoms with Crippen LogP contribution >= 0.6 is 0 Å². The van der Waals surface area contributed by atoms with Crippen molar-refractivity contribution in [3.63, 3.8) is 0 Å². The maximum Gasteiger partial charge on any atom is 0.251 e. The van der Waals surface area contributed by atoms with E-state index in [4.69, 9.17) is 9.47 Å². The van der Waals surface area contributed by atoms with Crippen LogP contribution in [0.25, 0.3) is 5.57 Å².